The van der Waals surface area contributed by atoms with Gasteiger partial charge in [-0.2, -0.15) is 5.10 Å². The number of aromatic nitrogens is 2. The number of nitrogens with zero attached hydrogens (tertiary/aromatic N) is 3. The van der Waals surface area contributed by atoms with Gasteiger partial charge in [-0.1, -0.05) is 18.2 Å². The molecule has 0 spiro atoms. The summed E-state index contributed by atoms with van der Waals surface area (Å²) in [5, 5.41) is 5.04. The minimum atomic E-state index is -0.961. The second kappa shape index (κ2) is 8.54. The quantitative estimate of drug-likeness (QED) is 0.711. The van der Waals surface area contributed by atoms with E-state index in [9.17, 15) is 14.4 Å². The maximum Gasteiger partial charge on any atom is 0.360 e. The van der Waals surface area contributed by atoms with Gasteiger partial charge in [0.2, 0.25) is 0 Å². The number of esters is 1. The van der Waals surface area contributed by atoms with E-state index in [0.29, 0.717) is 10.8 Å². The highest BCUT2D eigenvalue weighted by atomic mass is 16.5. The van der Waals surface area contributed by atoms with Crippen molar-refractivity contribution in [2.24, 2.45) is 0 Å². The predicted octanol–water partition coefficient (Wildman–Crippen LogP) is 3.17. The SMILES string of the molecule is CC(OC(=O)c1nn(C(C)C)c(=O)c2ccccc12)C(=O)N(C(C)C)C(C)C. The molecule has 0 aliphatic heterocycles. The van der Waals surface area contributed by atoms with Crippen LogP contribution >= 0.6 is 0 Å². The van der Waals surface area contributed by atoms with Gasteiger partial charge in [0.05, 0.1) is 11.4 Å². The van der Waals surface area contributed by atoms with E-state index >= 15 is 0 Å². The molecule has 1 aromatic heterocycles. The van der Waals surface area contributed by atoms with Gasteiger partial charge in [-0.05, 0) is 54.5 Å². The molecule has 0 saturated heterocycles. The molecular weight excluding hydrogens is 358 g/mol. The molecule has 1 amide bonds. The van der Waals surface area contributed by atoms with Gasteiger partial charge in [0.25, 0.3) is 11.5 Å². The van der Waals surface area contributed by atoms with E-state index in [0.717, 1.165) is 0 Å². The monoisotopic (exact) mass is 387 g/mol. The highest BCUT2D eigenvalue weighted by Gasteiger charge is 2.29. The first-order valence-corrected chi connectivity index (χ1v) is 9.61. The van der Waals surface area contributed by atoms with Crippen LogP contribution in [0.25, 0.3) is 10.8 Å². The van der Waals surface area contributed by atoms with E-state index in [4.69, 9.17) is 4.74 Å². The number of carbonyl (C=O) groups is 2. The Labute approximate surface area is 165 Å². The molecule has 0 bridgehead atoms. The average Bonchev–Trinajstić information content (AvgIpc) is 2.61. The van der Waals surface area contributed by atoms with Crippen LogP contribution in [0.4, 0.5) is 0 Å². The van der Waals surface area contributed by atoms with Crippen LogP contribution in [-0.2, 0) is 9.53 Å². The topological polar surface area (TPSA) is 81.5 Å². The Hall–Kier alpha value is -2.70. The van der Waals surface area contributed by atoms with Gasteiger partial charge < -0.3 is 9.64 Å². The Kier molecular flexibility index (Phi) is 6.59. The molecule has 1 aromatic carbocycles. The van der Waals surface area contributed by atoms with Crippen molar-refractivity contribution < 1.29 is 14.3 Å². The second-order valence-corrected chi connectivity index (χ2v) is 7.72. The molecule has 0 aliphatic carbocycles. The fraction of sp³-hybridized carbons (Fsp3) is 0.524. The Morgan fingerprint density at radius 1 is 0.964 bits per heavy atom. The lowest BCUT2D eigenvalue weighted by molar-refractivity contribution is -0.143. The van der Waals surface area contributed by atoms with Crippen LogP contribution in [0.5, 0.6) is 0 Å². The van der Waals surface area contributed by atoms with Crippen LogP contribution in [0, 0.1) is 0 Å². The molecule has 2 rings (SSSR count). The van der Waals surface area contributed by atoms with E-state index < -0.39 is 12.1 Å². The lowest BCUT2D eigenvalue weighted by atomic mass is 10.1. The number of hydrogen-bond donors (Lipinski definition) is 0. The number of fused-ring (bicyclic) bond motifs is 1. The standard InChI is InChI=1S/C21H29N3O4/c1-12(2)23(13(3)4)19(25)15(7)28-21(27)18-16-10-8-9-11-17(16)20(26)24(22-18)14(5)6/h8-15H,1-7H3. The van der Waals surface area contributed by atoms with E-state index in [2.05, 4.69) is 5.10 Å². The summed E-state index contributed by atoms with van der Waals surface area (Å²) in [6, 6.07) is 6.52. The van der Waals surface area contributed by atoms with Crippen LogP contribution in [0.3, 0.4) is 0 Å². The third-order valence-corrected chi connectivity index (χ3v) is 4.51. The average molecular weight is 387 g/mol. The zero-order chi connectivity index (χ0) is 21.2. The lowest BCUT2D eigenvalue weighted by Crippen LogP contribution is -2.47. The normalized spacial score (nSPS) is 12.6. The summed E-state index contributed by atoms with van der Waals surface area (Å²) in [6.45, 7) is 12.8. The van der Waals surface area contributed by atoms with Gasteiger partial charge in [-0.15, -0.1) is 0 Å². The van der Waals surface area contributed by atoms with E-state index in [-0.39, 0.29) is 35.3 Å². The Morgan fingerprint density at radius 3 is 2.00 bits per heavy atom. The van der Waals surface area contributed by atoms with Crippen LogP contribution in [0.2, 0.25) is 0 Å². The maximum atomic E-state index is 12.9. The van der Waals surface area contributed by atoms with E-state index in [1.165, 1.54) is 4.68 Å². The summed E-state index contributed by atoms with van der Waals surface area (Å²) in [7, 11) is 0. The Morgan fingerprint density at radius 2 is 1.50 bits per heavy atom. The molecule has 0 saturated carbocycles. The van der Waals surface area contributed by atoms with Gasteiger partial charge in [-0.25, -0.2) is 9.48 Å². The zero-order valence-corrected chi connectivity index (χ0v) is 17.6. The molecular formula is C21H29N3O4. The van der Waals surface area contributed by atoms with Gasteiger partial charge in [0.15, 0.2) is 11.8 Å². The number of hydrogen-bond acceptors (Lipinski definition) is 5. The van der Waals surface area contributed by atoms with Crippen molar-refractivity contribution in [3.05, 3.63) is 40.3 Å². The number of amides is 1. The second-order valence-electron chi connectivity index (χ2n) is 7.72. The Balaban J connectivity index is 2.42. The van der Waals surface area contributed by atoms with Crippen molar-refractivity contribution in [3.63, 3.8) is 0 Å². The van der Waals surface area contributed by atoms with Gasteiger partial charge in [-0.3, -0.25) is 9.59 Å². The van der Waals surface area contributed by atoms with Crippen LogP contribution in [-0.4, -0.2) is 44.7 Å². The number of benzene rings is 1. The molecule has 7 nitrogen and oxygen atoms in total. The molecule has 0 N–H and O–H groups in total. The molecule has 28 heavy (non-hydrogen) atoms. The molecule has 1 heterocycles. The third-order valence-electron chi connectivity index (χ3n) is 4.51. The third kappa shape index (κ3) is 4.24. The lowest BCUT2D eigenvalue weighted by Gasteiger charge is -2.32. The maximum absolute atomic E-state index is 12.9. The van der Waals surface area contributed by atoms with Crippen molar-refractivity contribution >= 4 is 22.6 Å². The summed E-state index contributed by atoms with van der Waals surface area (Å²) in [5.74, 6) is -0.987. The fourth-order valence-electron chi connectivity index (χ4n) is 3.29. The highest BCUT2D eigenvalue weighted by molar-refractivity contribution is 6.02. The first-order chi connectivity index (χ1) is 13.1. The van der Waals surface area contributed by atoms with E-state index in [1.54, 1.807) is 36.1 Å². The first kappa shape index (κ1) is 21.6. The van der Waals surface area contributed by atoms with Gasteiger partial charge in [0, 0.05) is 17.5 Å². The van der Waals surface area contributed by atoms with Crippen molar-refractivity contribution in [1.82, 2.24) is 14.7 Å². The largest absolute Gasteiger partial charge is 0.448 e. The van der Waals surface area contributed by atoms with Crippen LogP contribution in [0.1, 0.15) is 65.0 Å². The molecule has 152 valence electrons. The minimum Gasteiger partial charge on any atom is -0.448 e. The first-order valence-electron chi connectivity index (χ1n) is 9.61. The summed E-state index contributed by atoms with van der Waals surface area (Å²) >= 11 is 0. The van der Waals surface area contributed by atoms with Gasteiger partial charge in [0.1, 0.15) is 0 Å². The van der Waals surface area contributed by atoms with Crippen molar-refractivity contribution in [2.45, 2.75) is 72.7 Å². The summed E-state index contributed by atoms with van der Waals surface area (Å²) < 4.78 is 6.72. The number of ether oxygens (including phenoxy) is 1. The molecule has 1 atom stereocenters. The van der Waals surface area contributed by atoms with Crippen molar-refractivity contribution in [1.29, 1.82) is 0 Å². The minimum absolute atomic E-state index is 0.0181. The molecule has 7 heteroatoms. The Bertz CT molecular complexity index is 923. The number of rotatable bonds is 6. The zero-order valence-electron chi connectivity index (χ0n) is 17.6. The van der Waals surface area contributed by atoms with Crippen molar-refractivity contribution in [3.8, 4) is 0 Å². The molecule has 0 aliphatic rings. The van der Waals surface area contributed by atoms with Crippen LogP contribution in [0.15, 0.2) is 29.1 Å². The van der Waals surface area contributed by atoms with Crippen LogP contribution < -0.4 is 5.56 Å². The van der Waals surface area contributed by atoms with Gasteiger partial charge >= 0.3 is 5.97 Å². The van der Waals surface area contributed by atoms with Crippen molar-refractivity contribution in [2.75, 3.05) is 0 Å². The smallest absolute Gasteiger partial charge is 0.360 e. The summed E-state index contributed by atoms with van der Waals surface area (Å²) in [4.78, 5) is 39.9. The number of carbonyl (C=O) groups excluding carboxylic acids is 2. The molecule has 2 aromatic rings. The molecule has 1 unspecified atom stereocenters. The summed E-state index contributed by atoms with van der Waals surface area (Å²) in [6.07, 6.45) is -0.961. The molecule has 0 radical (unpaired) electrons. The van der Waals surface area contributed by atoms with E-state index in [1.807, 2.05) is 41.5 Å². The fourth-order valence-corrected chi connectivity index (χ4v) is 3.29. The highest BCUT2D eigenvalue weighted by Crippen LogP contribution is 2.17. The predicted molar refractivity (Wildman–Crippen MR) is 108 cm³/mol. The molecule has 0 fully saturated rings. The summed E-state index contributed by atoms with van der Waals surface area (Å²) in [5.41, 5.74) is -0.235.